The normalized spacial score (nSPS) is 14.1. The van der Waals surface area contributed by atoms with E-state index >= 15 is 0 Å². The summed E-state index contributed by atoms with van der Waals surface area (Å²) < 4.78 is 0. The number of carbonyl (C=O) groups excluding carboxylic acids is 1. The van der Waals surface area contributed by atoms with Crippen molar-refractivity contribution in [3.05, 3.63) is 95.4 Å². The number of hydrogen-bond acceptors (Lipinski definition) is 2. The van der Waals surface area contributed by atoms with Gasteiger partial charge in [0.05, 0.1) is 11.3 Å². The summed E-state index contributed by atoms with van der Waals surface area (Å²) in [5.74, 6) is -0.0822. The van der Waals surface area contributed by atoms with Gasteiger partial charge in [0.1, 0.15) is 0 Å². The van der Waals surface area contributed by atoms with Gasteiger partial charge < -0.3 is 10.3 Å². The van der Waals surface area contributed by atoms with E-state index in [9.17, 15) is 4.79 Å². The number of aromatic nitrogens is 2. The van der Waals surface area contributed by atoms with Crippen molar-refractivity contribution in [3.8, 4) is 22.4 Å². The minimum atomic E-state index is -0.0822. The maximum Gasteiger partial charge on any atom is 0.256 e. The van der Waals surface area contributed by atoms with Crippen molar-refractivity contribution in [3.63, 3.8) is 0 Å². The number of amides is 1. The fraction of sp³-hybridized carbons (Fsp3) is 0.0769. The van der Waals surface area contributed by atoms with Crippen LogP contribution < -0.4 is 5.32 Å². The zero-order chi connectivity index (χ0) is 20.7. The Morgan fingerprint density at radius 3 is 2.37 bits per heavy atom. The molecule has 1 aliphatic heterocycles. The smallest absolute Gasteiger partial charge is 0.256 e. The number of benzene rings is 2. The highest BCUT2D eigenvalue weighted by atomic mass is 16.2. The van der Waals surface area contributed by atoms with Crippen LogP contribution in [0.4, 0.5) is 5.69 Å². The monoisotopic (exact) mass is 391 g/mol. The molecule has 0 spiro atoms. The highest BCUT2D eigenvalue weighted by Crippen LogP contribution is 2.36. The van der Waals surface area contributed by atoms with Gasteiger partial charge in [-0.15, -0.1) is 0 Å². The molecule has 3 heterocycles. The molecule has 2 aromatic heterocycles. The van der Waals surface area contributed by atoms with Crippen molar-refractivity contribution in [1.82, 2.24) is 9.97 Å². The Kier molecular flexibility index (Phi) is 4.32. The van der Waals surface area contributed by atoms with E-state index in [0.29, 0.717) is 5.57 Å². The molecular formula is C26H21N3O. The van der Waals surface area contributed by atoms with Gasteiger partial charge in [0, 0.05) is 40.0 Å². The molecule has 0 atom stereocenters. The van der Waals surface area contributed by atoms with Crippen LogP contribution in [0.3, 0.4) is 0 Å². The Hall–Kier alpha value is -3.92. The number of aromatic amines is 1. The molecule has 4 aromatic rings. The molecule has 1 aliphatic rings. The zero-order valence-corrected chi connectivity index (χ0v) is 16.9. The van der Waals surface area contributed by atoms with Crippen molar-refractivity contribution < 1.29 is 4.79 Å². The first-order chi connectivity index (χ1) is 14.6. The number of nitrogens with one attached hydrogen (secondary N) is 2. The third-order valence-corrected chi connectivity index (χ3v) is 5.45. The molecule has 0 bridgehead atoms. The van der Waals surface area contributed by atoms with E-state index in [-0.39, 0.29) is 5.91 Å². The Balaban J connectivity index is 1.52. The van der Waals surface area contributed by atoms with Crippen LogP contribution in [0, 0.1) is 13.8 Å². The molecule has 146 valence electrons. The standard InChI is InChI=1S/C26H21N3O/c1-16-12-17(2)28-25(16)14-22-21-13-19(8-11-24(21)29-26(22)30)23-10-9-20(15-27-23)18-6-4-3-5-7-18/h3-15,28H,1-2H3,(H,29,30)/b22-14-. The number of carbonyl (C=O) groups is 1. The lowest BCUT2D eigenvalue weighted by atomic mass is 10.00. The summed E-state index contributed by atoms with van der Waals surface area (Å²) in [5.41, 5.74) is 9.63. The van der Waals surface area contributed by atoms with Crippen molar-refractivity contribution in [2.24, 2.45) is 0 Å². The van der Waals surface area contributed by atoms with Crippen molar-refractivity contribution in [1.29, 1.82) is 0 Å². The third kappa shape index (κ3) is 3.22. The van der Waals surface area contributed by atoms with E-state index in [1.807, 2.05) is 68.6 Å². The lowest BCUT2D eigenvalue weighted by Gasteiger charge is -2.06. The zero-order valence-electron chi connectivity index (χ0n) is 16.9. The Labute approximate surface area is 175 Å². The predicted molar refractivity (Wildman–Crippen MR) is 122 cm³/mol. The largest absolute Gasteiger partial charge is 0.359 e. The van der Waals surface area contributed by atoms with Gasteiger partial charge in [-0.25, -0.2) is 0 Å². The summed E-state index contributed by atoms with van der Waals surface area (Å²) in [7, 11) is 0. The molecule has 0 radical (unpaired) electrons. The van der Waals surface area contributed by atoms with Gasteiger partial charge in [-0.1, -0.05) is 42.5 Å². The van der Waals surface area contributed by atoms with E-state index in [0.717, 1.165) is 50.6 Å². The van der Waals surface area contributed by atoms with Crippen LogP contribution >= 0.6 is 0 Å². The lowest BCUT2D eigenvalue weighted by molar-refractivity contribution is -0.110. The Bertz CT molecular complexity index is 1280. The molecule has 0 unspecified atom stereocenters. The Morgan fingerprint density at radius 2 is 1.67 bits per heavy atom. The van der Waals surface area contributed by atoms with E-state index < -0.39 is 0 Å². The average Bonchev–Trinajstić information content (AvgIpc) is 3.26. The molecule has 0 fully saturated rings. The first kappa shape index (κ1) is 18.1. The number of rotatable bonds is 3. The summed E-state index contributed by atoms with van der Waals surface area (Å²) in [6, 6.07) is 22.4. The summed E-state index contributed by atoms with van der Waals surface area (Å²) >= 11 is 0. The molecule has 2 N–H and O–H groups in total. The summed E-state index contributed by atoms with van der Waals surface area (Å²) in [5, 5.41) is 2.96. The van der Waals surface area contributed by atoms with E-state index in [4.69, 9.17) is 0 Å². The van der Waals surface area contributed by atoms with E-state index in [2.05, 4.69) is 39.6 Å². The van der Waals surface area contributed by atoms with E-state index in [1.165, 1.54) is 0 Å². The lowest BCUT2D eigenvalue weighted by Crippen LogP contribution is -2.03. The molecule has 1 amide bonds. The van der Waals surface area contributed by atoms with E-state index in [1.54, 1.807) is 0 Å². The van der Waals surface area contributed by atoms with Gasteiger partial charge in [0.25, 0.3) is 5.91 Å². The summed E-state index contributed by atoms with van der Waals surface area (Å²) in [6.45, 7) is 4.05. The van der Waals surface area contributed by atoms with Gasteiger partial charge in [-0.2, -0.15) is 0 Å². The van der Waals surface area contributed by atoms with Crippen LogP contribution in [0.15, 0.2) is 72.9 Å². The number of anilines is 1. The van der Waals surface area contributed by atoms with Gasteiger partial charge in [-0.3, -0.25) is 9.78 Å². The molecular weight excluding hydrogens is 370 g/mol. The molecule has 0 saturated carbocycles. The minimum absolute atomic E-state index is 0.0822. The number of fused-ring (bicyclic) bond motifs is 1. The number of hydrogen-bond donors (Lipinski definition) is 2. The van der Waals surface area contributed by atoms with Crippen molar-refractivity contribution in [2.75, 3.05) is 5.32 Å². The fourth-order valence-electron chi connectivity index (χ4n) is 3.90. The molecule has 5 rings (SSSR count). The topological polar surface area (TPSA) is 57.8 Å². The number of aryl methyl sites for hydroxylation is 2. The molecule has 2 aromatic carbocycles. The summed E-state index contributed by atoms with van der Waals surface area (Å²) in [6.07, 6.45) is 3.82. The molecule has 4 nitrogen and oxygen atoms in total. The van der Waals surface area contributed by atoms with Crippen LogP contribution in [-0.4, -0.2) is 15.9 Å². The van der Waals surface area contributed by atoms with Crippen molar-refractivity contribution >= 4 is 23.2 Å². The quantitative estimate of drug-likeness (QED) is 0.430. The molecule has 0 saturated heterocycles. The second-order valence-electron chi connectivity index (χ2n) is 7.62. The van der Waals surface area contributed by atoms with Gasteiger partial charge in [0.15, 0.2) is 0 Å². The van der Waals surface area contributed by atoms with Crippen LogP contribution in [0.5, 0.6) is 0 Å². The van der Waals surface area contributed by atoms with Gasteiger partial charge in [0.2, 0.25) is 0 Å². The fourth-order valence-corrected chi connectivity index (χ4v) is 3.90. The number of pyridine rings is 1. The highest BCUT2D eigenvalue weighted by Gasteiger charge is 2.25. The highest BCUT2D eigenvalue weighted by molar-refractivity contribution is 6.35. The SMILES string of the molecule is Cc1cc(C)c(/C=C2\C(=O)Nc3ccc(-c4ccc(-c5ccccc5)cn4)cc32)[nH]1. The maximum absolute atomic E-state index is 12.6. The number of nitrogens with zero attached hydrogens (tertiary/aromatic N) is 1. The molecule has 0 aliphatic carbocycles. The van der Waals surface area contributed by atoms with Crippen molar-refractivity contribution in [2.45, 2.75) is 13.8 Å². The predicted octanol–water partition coefficient (Wildman–Crippen LogP) is 5.85. The average molecular weight is 391 g/mol. The number of H-pyrrole nitrogens is 1. The van der Waals surface area contributed by atoms with Crippen LogP contribution in [0.2, 0.25) is 0 Å². The molecule has 30 heavy (non-hydrogen) atoms. The second-order valence-corrected chi connectivity index (χ2v) is 7.62. The van der Waals surface area contributed by atoms with Crippen LogP contribution in [0.25, 0.3) is 34.0 Å². The van der Waals surface area contributed by atoms with Crippen LogP contribution in [0.1, 0.15) is 22.5 Å². The van der Waals surface area contributed by atoms with Crippen LogP contribution in [-0.2, 0) is 4.79 Å². The third-order valence-electron chi connectivity index (χ3n) is 5.45. The molecule has 4 heteroatoms. The second kappa shape index (κ2) is 7.16. The Morgan fingerprint density at radius 1 is 0.867 bits per heavy atom. The van der Waals surface area contributed by atoms with Gasteiger partial charge in [-0.05, 0) is 55.3 Å². The minimum Gasteiger partial charge on any atom is -0.359 e. The summed E-state index contributed by atoms with van der Waals surface area (Å²) in [4.78, 5) is 20.6. The maximum atomic E-state index is 12.6. The van der Waals surface area contributed by atoms with Gasteiger partial charge >= 0.3 is 0 Å². The first-order valence-corrected chi connectivity index (χ1v) is 9.94. The first-order valence-electron chi connectivity index (χ1n) is 9.94.